The molecule has 0 saturated heterocycles. The first-order valence-corrected chi connectivity index (χ1v) is 10.7. The minimum atomic E-state index is -0.0533. The zero-order chi connectivity index (χ0) is 18.0. The molecule has 1 amide bonds. The summed E-state index contributed by atoms with van der Waals surface area (Å²) in [6.45, 7) is 6.29. The molecule has 3 aromatic rings. The summed E-state index contributed by atoms with van der Waals surface area (Å²) in [6.07, 6.45) is 0. The van der Waals surface area contributed by atoms with Crippen LogP contribution < -0.4 is 10.9 Å². The molecule has 0 fully saturated rings. The van der Waals surface area contributed by atoms with E-state index in [9.17, 15) is 9.59 Å². The lowest BCUT2D eigenvalue weighted by molar-refractivity contribution is -0.119. The smallest absolute Gasteiger partial charge is 0.263 e. The van der Waals surface area contributed by atoms with Crippen molar-refractivity contribution in [3.63, 3.8) is 0 Å². The topological polar surface area (TPSA) is 64.0 Å². The number of hydrogen-bond donors (Lipinski definition) is 1. The van der Waals surface area contributed by atoms with Crippen molar-refractivity contribution in [3.05, 3.63) is 33.2 Å². The van der Waals surface area contributed by atoms with Crippen LogP contribution in [0.4, 0.5) is 0 Å². The summed E-state index contributed by atoms with van der Waals surface area (Å²) in [5.74, 6) is 0.196. The van der Waals surface area contributed by atoms with Crippen molar-refractivity contribution in [2.24, 2.45) is 0 Å². The molecular formula is C17H19N3O2S3. The van der Waals surface area contributed by atoms with Crippen LogP contribution in [-0.4, -0.2) is 27.3 Å². The Kier molecular flexibility index (Phi) is 5.61. The molecule has 3 rings (SSSR count). The normalized spacial score (nSPS) is 11.4. The fraction of sp³-hybridized carbons (Fsp3) is 0.353. The van der Waals surface area contributed by atoms with E-state index in [1.54, 1.807) is 15.9 Å². The molecule has 0 atom stereocenters. The molecule has 5 nitrogen and oxygen atoms in total. The van der Waals surface area contributed by atoms with Crippen LogP contribution in [0, 0.1) is 0 Å². The van der Waals surface area contributed by atoms with Gasteiger partial charge in [0.2, 0.25) is 5.91 Å². The molecule has 0 aromatic carbocycles. The molecule has 3 aromatic heterocycles. The molecule has 0 radical (unpaired) electrons. The number of hydrogen-bond acceptors (Lipinski definition) is 6. The Bertz CT molecular complexity index is 942. The summed E-state index contributed by atoms with van der Waals surface area (Å²) in [5, 5.41) is 8.11. The highest BCUT2D eigenvalue weighted by Gasteiger charge is 2.18. The van der Waals surface area contributed by atoms with E-state index >= 15 is 0 Å². The average Bonchev–Trinajstić information content (AvgIpc) is 3.21. The molecule has 3 heterocycles. The predicted octanol–water partition coefficient (Wildman–Crippen LogP) is 3.82. The van der Waals surface area contributed by atoms with Gasteiger partial charge < -0.3 is 5.32 Å². The second kappa shape index (κ2) is 7.72. The number of thioether (sulfide) groups is 1. The Hall–Kier alpha value is -1.64. The van der Waals surface area contributed by atoms with Crippen molar-refractivity contribution in [2.75, 3.05) is 5.75 Å². The van der Waals surface area contributed by atoms with E-state index in [1.807, 2.05) is 43.7 Å². The third-order valence-electron chi connectivity index (χ3n) is 3.54. The zero-order valence-electron chi connectivity index (χ0n) is 14.2. The van der Waals surface area contributed by atoms with Crippen LogP contribution in [0.15, 0.2) is 32.8 Å². The number of thiophene rings is 2. The fourth-order valence-corrected chi connectivity index (χ4v) is 5.18. The van der Waals surface area contributed by atoms with Gasteiger partial charge in [-0.15, -0.1) is 22.7 Å². The molecule has 0 spiro atoms. The summed E-state index contributed by atoms with van der Waals surface area (Å²) in [4.78, 5) is 31.3. The first-order chi connectivity index (χ1) is 12.0. The van der Waals surface area contributed by atoms with Crippen molar-refractivity contribution in [1.82, 2.24) is 14.9 Å². The Balaban J connectivity index is 1.98. The SMILES string of the molecule is CCn1c(SCC(=O)NC(C)C)nc2scc(-c3cccs3)c2c1=O. The molecule has 0 aliphatic heterocycles. The van der Waals surface area contributed by atoms with Crippen LogP contribution >= 0.6 is 34.4 Å². The van der Waals surface area contributed by atoms with E-state index in [-0.39, 0.29) is 23.3 Å². The van der Waals surface area contributed by atoms with E-state index in [0.29, 0.717) is 17.1 Å². The van der Waals surface area contributed by atoms with Crippen LogP contribution in [0.1, 0.15) is 20.8 Å². The van der Waals surface area contributed by atoms with Gasteiger partial charge in [-0.1, -0.05) is 17.8 Å². The second-order valence-corrected chi connectivity index (χ2v) is 8.51. The number of amides is 1. The minimum Gasteiger partial charge on any atom is -0.353 e. The van der Waals surface area contributed by atoms with E-state index in [0.717, 1.165) is 15.3 Å². The van der Waals surface area contributed by atoms with Crippen LogP contribution in [0.25, 0.3) is 20.7 Å². The molecule has 0 bridgehead atoms. The fourth-order valence-electron chi connectivity index (χ4n) is 2.50. The molecule has 0 saturated carbocycles. The van der Waals surface area contributed by atoms with Crippen molar-refractivity contribution in [3.8, 4) is 10.4 Å². The third-order valence-corrected chi connectivity index (χ3v) is 6.30. The number of fused-ring (bicyclic) bond motifs is 1. The molecule has 0 aliphatic carbocycles. The summed E-state index contributed by atoms with van der Waals surface area (Å²) >= 11 is 4.39. The van der Waals surface area contributed by atoms with Gasteiger partial charge in [0.25, 0.3) is 5.56 Å². The number of nitrogens with one attached hydrogen (secondary N) is 1. The van der Waals surface area contributed by atoms with E-state index in [4.69, 9.17) is 0 Å². The summed E-state index contributed by atoms with van der Waals surface area (Å²) in [6, 6.07) is 4.09. The first kappa shape index (κ1) is 18.2. The Labute approximate surface area is 158 Å². The highest BCUT2D eigenvalue weighted by Crippen LogP contribution is 2.34. The minimum absolute atomic E-state index is 0.0380. The standard InChI is InChI=1S/C17H19N3O2S3/c1-4-20-16(22)14-11(12-6-5-7-23-12)8-24-15(14)19-17(20)25-9-13(21)18-10(2)3/h5-8,10H,4,9H2,1-3H3,(H,18,21). The molecule has 132 valence electrons. The van der Waals surface area contributed by atoms with Gasteiger partial charge in [0.15, 0.2) is 5.16 Å². The molecule has 1 N–H and O–H groups in total. The van der Waals surface area contributed by atoms with Crippen molar-refractivity contribution in [2.45, 2.75) is 38.5 Å². The Morgan fingerprint density at radius 1 is 1.40 bits per heavy atom. The maximum Gasteiger partial charge on any atom is 0.263 e. The van der Waals surface area contributed by atoms with E-state index in [1.165, 1.54) is 23.1 Å². The number of carbonyl (C=O) groups excluding carboxylic acids is 1. The van der Waals surface area contributed by atoms with Gasteiger partial charge in [-0.2, -0.15) is 0 Å². The predicted molar refractivity (Wildman–Crippen MR) is 107 cm³/mol. The number of rotatable bonds is 6. The van der Waals surface area contributed by atoms with Gasteiger partial charge in [-0.3, -0.25) is 14.2 Å². The van der Waals surface area contributed by atoms with Gasteiger partial charge in [-0.25, -0.2) is 4.98 Å². The molecule has 8 heteroatoms. The van der Waals surface area contributed by atoms with Crippen molar-refractivity contribution in [1.29, 1.82) is 0 Å². The van der Waals surface area contributed by atoms with Crippen LogP contribution in [0.2, 0.25) is 0 Å². The van der Waals surface area contributed by atoms with Crippen molar-refractivity contribution >= 4 is 50.6 Å². The van der Waals surface area contributed by atoms with Crippen LogP contribution in [0.5, 0.6) is 0 Å². The van der Waals surface area contributed by atoms with Gasteiger partial charge in [0.1, 0.15) is 4.83 Å². The van der Waals surface area contributed by atoms with E-state index < -0.39 is 0 Å². The number of aromatic nitrogens is 2. The monoisotopic (exact) mass is 393 g/mol. The number of nitrogens with zero attached hydrogens (tertiary/aromatic N) is 2. The summed E-state index contributed by atoms with van der Waals surface area (Å²) in [7, 11) is 0. The quantitative estimate of drug-likeness (QED) is 0.511. The van der Waals surface area contributed by atoms with Gasteiger partial charge in [0.05, 0.1) is 11.1 Å². The van der Waals surface area contributed by atoms with Crippen LogP contribution in [0.3, 0.4) is 0 Å². The lowest BCUT2D eigenvalue weighted by Crippen LogP contribution is -2.32. The largest absolute Gasteiger partial charge is 0.353 e. The van der Waals surface area contributed by atoms with E-state index in [2.05, 4.69) is 10.3 Å². The molecular weight excluding hydrogens is 374 g/mol. The highest BCUT2D eigenvalue weighted by atomic mass is 32.2. The number of carbonyl (C=O) groups is 1. The highest BCUT2D eigenvalue weighted by molar-refractivity contribution is 7.99. The van der Waals surface area contributed by atoms with Gasteiger partial charge in [0, 0.05) is 28.4 Å². The summed E-state index contributed by atoms with van der Waals surface area (Å²) in [5.41, 5.74) is 0.910. The van der Waals surface area contributed by atoms with Crippen molar-refractivity contribution < 1.29 is 4.79 Å². The zero-order valence-corrected chi connectivity index (χ0v) is 16.7. The molecule has 25 heavy (non-hydrogen) atoms. The lowest BCUT2D eigenvalue weighted by Gasteiger charge is -2.11. The first-order valence-electron chi connectivity index (χ1n) is 7.99. The lowest BCUT2D eigenvalue weighted by atomic mass is 10.2. The Morgan fingerprint density at radius 2 is 2.20 bits per heavy atom. The molecule has 0 aliphatic rings. The van der Waals surface area contributed by atoms with Crippen LogP contribution in [-0.2, 0) is 11.3 Å². The maximum atomic E-state index is 13.0. The van der Waals surface area contributed by atoms with Gasteiger partial charge in [-0.05, 0) is 32.2 Å². The Morgan fingerprint density at radius 3 is 2.84 bits per heavy atom. The second-order valence-electron chi connectivity index (χ2n) is 5.76. The summed E-state index contributed by atoms with van der Waals surface area (Å²) < 4.78 is 1.65. The van der Waals surface area contributed by atoms with Gasteiger partial charge >= 0.3 is 0 Å². The maximum absolute atomic E-state index is 13.0. The molecule has 0 unspecified atom stereocenters. The third kappa shape index (κ3) is 3.80. The average molecular weight is 394 g/mol.